The first-order chi connectivity index (χ1) is 9.63. The number of nitrogens with zero attached hydrogens (tertiary/aromatic N) is 1. The average Bonchev–Trinajstić information content (AvgIpc) is 2.46. The molecule has 3 unspecified atom stereocenters. The fraction of sp³-hybridized carbons (Fsp3) is 0.667. The van der Waals surface area contributed by atoms with Gasteiger partial charge in [0, 0.05) is 25.2 Å². The fourth-order valence-corrected chi connectivity index (χ4v) is 3.41. The van der Waals surface area contributed by atoms with Crippen molar-refractivity contribution in [3.05, 3.63) is 35.4 Å². The Bertz CT molecular complexity index is 416. The van der Waals surface area contributed by atoms with Crippen molar-refractivity contribution < 1.29 is 0 Å². The maximum absolute atomic E-state index is 3.70. The standard InChI is InChI=1S/C18H30N2/c1-5-11-19-18-10-12-20(13-15(18)3)16(4)17-9-7-6-8-14(17)2/h6-9,15-16,18-19H,5,10-13H2,1-4H3. The van der Waals surface area contributed by atoms with E-state index in [0.29, 0.717) is 12.1 Å². The highest BCUT2D eigenvalue weighted by Gasteiger charge is 2.28. The second kappa shape index (κ2) is 7.24. The van der Waals surface area contributed by atoms with Gasteiger partial charge < -0.3 is 5.32 Å². The molecule has 1 aliphatic rings. The van der Waals surface area contributed by atoms with Gasteiger partial charge in [0.25, 0.3) is 0 Å². The van der Waals surface area contributed by atoms with E-state index in [1.165, 1.54) is 37.1 Å². The molecule has 0 saturated carbocycles. The molecule has 1 heterocycles. The number of piperidine rings is 1. The van der Waals surface area contributed by atoms with Gasteiger partial charge in [0.2, 0.25) is 0 Å². The van der Waals surface area contributed by atoms with Crippen LogP contribution in [0.5, 0.6) is 0 Å². The van der Waals surface area contributed by atoms with E-state index in [1.54, 1.807) is 0 Å². The molecule has 1 N–H and O–H groups in total. The van der Waals surface area contributed by atoms with Gasteiger partial charge in [0.1, 0.15) is 0 Å². The Morgan fingerprint density at radius 2 is 2.10 bits per heavy atom. The summed E-state index contributed by atoms with van der Waals surface area (Å²) in [4.78, 5) is 2.65. The highest BCUT2D eigenvalue weighted by Crippen LogP contribution is 2.28. The van der Waals surface area contributed by atoms with Crippen LogP contribution in [0.1, 0.15) is 50.8 Å². The van der Waals surface area contributed by atoms with Gasteiger partial charge in [-0.25, -0.2) is 0 Å². The lowest BCUT2D eigenvalue weighted by molar-refractivity contribution is 0.111. The molecule has 2 heteroatoms. The summed E-state index contributed by atoms with van der Waals surface area (Å²) in [5, 5.41) is 3.70. The maximum atomic E-state index is 3.70. The molecule has 1 aromatic carbocycles. The summed E-state index contributed by atoms with van der Waals surface area (Å²) in [6.07, 6.45) is 2.50. The lowest BCUT2D eigenvalue weighted by atomic mass is 9.91. The summed E-state index contributed by atoms with van der Waals surface area (Å²) in [7, 11) is 0. The summed E-state index contributed by atoms with van der Waals surface area (Å²) in [6, 6.07) is 10.0. The van der Waals surface area contributed by atoms with Gasteiger partial charge in [-0.05, 0) is 50.3 Å². The van der Waals surface area contributed by atoms with Crippen molar-refractivity contribution >= 4 is 0 Å². The molecule has 3 atom stereocenters. The van der Waals surface area contributed by atoms with Crippen molar-refractivity contribution in [1.29, 1.82) is 0 Å². The Morgan fingerprint density at radius 1 is 1.35 bits per heavy atom. The Labute approximate surface area is 124 Å². The van der Waals surface area contributed by atoms with Gasteiger partial charge in [-0.3, -0.25) is 4.90 Å². The highest BCUT2D eigenvalue weighted by atomic mass is 15.2. The van der Waals surface area contributed by atoms with Crippen molar-refractivity contribution in [2.75, 3.05) is 19.6 Å². The average molecular weight is 274 g/mol. The first-order valence-electron chi connectivity index (χ1n) is 8.16. The molecule has 0 radical (unpaired) electrons. The van der Waals surface area contributed by atoms with Crippen LogP contribution in [0.2, 0.25) is 0 Å². The van der Waals surface area contributed by atoms with Crippen molar-refractivity contribution in [3.63, 3.8) is 0 Å². The third-order valence-corrected chi connectivity index (χ3v) is 4.78. The molecular weight excluding hydrogens is 244 g/mol. The van der Waals surface area contributed by atoms with Crippen LogP contribution in [-0.4, -0.2) is 30.6 Å². The highest BCUT2D eigenvalue weighted by molar-refractivity contribution is 5.28. The SMILES string of the molecule is CCCNC1CCN(C(C)c2ccccc2C)CC1C. The Hall–Kier alpha value is -0.860. The Morgan fingerprint density at radius 3 is 2.75 bits per heavy atom. The van der Waals surface area contributed by atoms with E-state index < -0.39 is 0 Å². The summed E-state index contributed by atoms with van der Waals surface area (Å²) < 4.78 is 0. The monoisotopic (exact) mass is 274 g/mol. The zero-order valence-electron chi connectivity index (χ0n) is 13.5. The summed E-state index contributed by atoms with van der Waals surface area (Å²) in [5.41, 5.74) is 2.90. The van der Waals surface area contributed by atoms with Crippen molar-refractivity contribution in [2.24, 2.45) is 5.92 Å². The largest absolute Gasteiger partial charge is 0.314 e. The van der Waals surface area contributed by atoms with E-state index in [1.807, 2.05) is 0 Å². The Balaban J connectivity index is 1.97. The van der Waals surface area contributed by atoms with Gasteiger partial charge in [0.05, 0.1) is 0 Å². The van der Waals surface area contributed by atoms with E-state index in [-0.39, 0.29) is 0 Å². The number of benzene rings is 1. The van der Waals surface area contributed by atoms with Crippen LogP contribution in [0.15, 0.2) is 24.3 Å². The molecule has 1 saturated heterocycles. The number of aryl methyl sites for hydroxylation is 1. The predicted molar refractivity (Wildman–Crippen MR) is 87.0 cm³/mol. The molecule has 0 bridgehead atoms. The molecule has 1 aromatic rings. The maximum Gasteiger partial charge on any atom is 0.0322 e. The quantitative estimate of drug-likeness (QED) is 0.879. The normalized spacial score (nSPS) is 25.6. The number of rotatable bonds is 5. The van der Waals surface area contributed by atoms with Crippen LogP contribution in [0.25, 0.3) is 0 Å². The summed E-state index contributed by atoms with van der Waals surface area (Å²) in [6.45, 7) is 12.8. The third kappa shape index (κ3) is 3.62. The topological polar surface area (TPSA) is 15.3 Å². The second-order valence-corrected chi connectivity index (χ2v) is 6.35. The molecule has 0 aliphatic carbocycles. The van der Waals surface area contributed by atoms with Crippen molar-refractivity contribution in [1.82, 2.24) is 10.2 Å². The van der Waals surface area contributed by atoms with Crippen LogP contribution >= 0.6 is 0 Å². The molecule has 0 amide bonds. The van der Waals surface area contributed by atoms with E-state index >= 15 is 0 Å². The molecule has 2 nitrogen and oxygen atoms in total. The zero-order valence-corrected chi connectivity index (χ0v) is 13.5. The fourth-order valence-electron chi connectivity index (χ4n) is 3.41. The molecule has 1 aliphatic heterocycles. The lowest BCUT2D eigenvalue weighted by Gasteiger charge is -2.41. The predicted octanol–water partition coefficient (Wildman–Crippen LogP) is 3.77. The molecule has 2 rings (SSSR count). The van der Waals surface area contributed by atoms with Gasteiger partial charge in [-0.2, -0.15) is 0 Å². The van der Waals surface area contributed by atoms with Gasteiger partial charge in [-0.15, -0.1) is 0 Å². The van der Waals surface area contributed by atoms with Gasteiger partial charge in [-0.1, -0.05) is 38.1 Å². The van der Waals surface area contributed by atoms with Crippen molar-refractivity contribution in [2.45, 2.75) is 52.6 Å². The summed E-state index contributed by atoms with van der Waals surface area (Å²) in [5.74, 6) is 0.738. The van der Waals surface area contributed by atoms with E-state index in [0.717, 1.165) is 12.5 Å². The summed E-state index contributed by atoms with van der Waals surface area (Å²) >= 11 is 0. The van der Waals surface area contributed by atoms with Gasteiger partial charge >= 0.3 is 0 Å². The van der Waals surface area contributed by atoms with Crippen molar-refractivity contribution in [3.8, 4) is 0 Å². The van der Waals surface area contributed by atoms with Crippen LogP contribution < -0.4 is 5.32 Å². The van der Waals surface area contributed by atoms with Crippen LogP contribution in [0, 0.1) is 12.8 Å². The third-order valence-electron chi connectivity index (χ3n) is 4.78. The minimum absolute atomic E-state index is 0.533. The number of nitrogens with one attached hydrogen (secondary N) is 1. The molecule has 0 spiro atoms. The van der Waals surface area contributed by atoms with E-state index in [4.69, 9.17) is 0 Å². The first-order valence-corrected chi connectivity index (χ1v) is 8.16. The molecule has 1 fully saturated rings. The smallest absolute Gasteiger partial charge is 0.0322 e. The van der Waals surface area contributed by atoms with E-state index in [2.05, 4.69) is 62.2 Å². The zero-order chi connectivity index (χ0) is 14.5. The second-order valence-electron chi connectivity index (χ2n) is 6.35. The minimum atomic E-state index is 0.533. The molecule has 20 heavy (non-hydrogen) atoms. The number of hydrogen-bond donors (Lipinski definition) is 1. The van der Waals surface area contributed by atoms with Gasteiger partial charge in [0.15, 0.2) is 0 Å². The van der Waals surface area contributed by atoms with Crippen LogP contribution in [-0.2, 0) is 0 Å². The Kier molecular flexibility index (Phi) is 5.62. The first kappa shape index (κ1) is 15.5. The van der Waals surface area contributed by atoms with Crippen LogP contribution in [0.4, 0.5) is 0 Å². The van der Waals surface area contributed by atoms with Crippen LogP contribution in [0.3, 0.4) is 0 Å². The molecular formula is C18H30N2. The number of likely N-dealkylation sites (tertiary alicyclic amines) is 1. The number of hydrogen-bond acceptors (Lipinski definition) is 2. The molecule has 0 aromatic heterocycles. The lowest BCUT2D eigenvalue weighted by Crippen LogP contribution is -2.49. The minimum Gasteiger partial charge on any atom is -0.314 e. The van der Waals surface area contributed by atoms with E-state index in [9.17, 15) is 0 Å². The molecule has 112 valence electrons.